The van der Waals surface area contributed by atoms with Crippen molar-refractivity contribution in [1.82, 2.24) is 0 Å². The van der Waals surface area contributed by atoms with Crippen LogP contribution in [0.1, 0.15) is 5.56 Å². The zero-order chi connectivity index (χ0) is 10.7. The minimum Gasteiger partial charge on any atom is -0.454 e. The van der Waals surface area contributed by atoms with Crippen LogP contribution >= 0.6 is 0 Å². The van der Waals surface area contributed by atoms with Crippen LogP contribution in [0.25, 0.3) is 0 Å². The Morgan fingerprint density at radius 1 is 1.40 bits per heavy atom. The first-order valence-electron chi connectivity index (χ1n) is 4.64. The standard InChI is InChI=1S/C10H12O4S/c11-6-15(12)5-4-8-2-1-3-9-10(8)14-7-13-9/h1-3,11H,4-7H2. The first kappa shape index (κ1) is 10.4. The molecular weight excluding hydrogens is 216 g/mol. The summed E-state index contributed by atoms with van der Waals surface area (Å²) < 4.78 is 21.6. The van der Waals surface area contributed by atoms with E-state index >= 15 is 0 Å². The lowest BCUT2D eigenvalue weighted by molar-refractivity contribution is 0.173. The molecule has 1 aliphatic heterocycles. The van der Waals surface area contributed by atoms with Gasteiger partial charge in [-0.25, -0.2) is 0 Å². The van der Waals surface area contributed by atoms with Gasteiger partial charge < -0.3 is 14.6 Å². The smallest absolute Gasteiger partial charge is 0.231 e. The van der Waals surface area contributed by atoms with Crippen molar-refractivity contribution in [2.45, 2.75) is 6.42 Å². The van der Waals surface area contributed by atoms with E-state index in [4.69, 9.17) is 14.6 Å². The Labute approximate surface area is 90.3 Å². The van der Waals surface area contributed by atoms with Gasteiger partial charge in [0, 0.05) is 16.6 Å². The lowest BCUT2D eigenvalue weighted by Crippen LogP contribution is -2.05. The number of para-hydroxylation sites is 1. The molecule has 1 N–H and O–H groups in total. The molecular formula is C10H12O4S. The highest BCUT2D eigenvalue weighted by Crippen LogP contribution is 2.35. The van der Waals surface area contributed by atoms with Crippen LogP contribution in [-0.2, 0) is 17.2 Å². The van der Waals surface area contributed by atoms with Crippen LogP contribution in [0.4, 0.5) is 0 Å². The van der Waals surface area contributed by atoms with Gasteiger partial charge in [0.1, 0.15) is 5.94 Å². The van der Waals surface area contributed by atoms with Gasteiger partial charge >= 0.3 is 0 Å². The summed E-state index contributed by atoms with van der Waals surface area (Å²) in [6, 6.07) is 5.64. The zero-order valence-corrected chi connectivity index (χ0v) is 8.96. The minimum absolute atomic E-state index is 0.245. The van der Waals surface area contributed by atoms with Crippen molar-refractivity contribution in [2.75, 3.05) is 18.5 Å². The molecule has 5 heteroatoms. The van der Waals surface area contributed by atoms with Gasteiger partial charge in [0.05, 0.1) is 0 Å². The number of benzene rings is 1. The zero-order valence-electron chi connectivity index (χ0n) is 8.14. The van der Waals surface area contributed by atoms with Crippen LogP contribution in [-0.4, -0.2) is 27.8 Å². The summed E-state index contributed by atoms with van der Waals surface area (Å²) in [5.74, 6) is 1.64. The first-order valence-corrected chi connectivity index (χ1v) is 6.13. The van der Waals surface area contributed by atoms with Crippen molar-refractivity contribution in [3.63, 3.8) is 0 Å². The van der Waals surface area contributed by atoms with E-state index in [0.29, 0.717) is 12.2 Å². The third-order valence-electron chi connectivity index (χ3n) is 2.22. The Kier molecular flexibility index (Phi) is 3.23. The molecule has 0 saturated heterocycles. The van der Waals surface area contributed by atoms with Crippen molar-refractivity contribution >= 4 is 10.8 Å². The van der Waals surface area contributed by atoms with E-state index in [-0.39, 0.29) is 12.7 Å². The Morgan fingerprint density at radius 2 is 2.27 bits per heavy atom. The number of ether oxygens (including phenoxy) is 2. The molecule has 0 aromatic heterocycles. The third-order valence-corrected chi connectivity index (χ3v) is 3.17. The lowest BCUT2D eigenvalue weighted by Gasteiger charge is -2.04. The molecule has 82 valence electrons. The molecule has 0 aliphatic carbocycles. The summed E-state index contributed by atoms with van der Waals surface area (Å²) in [6.45, 7) is 0.245. The van der Waals surface area contributed by atoms with Crippen LogP contribution in [0.2, 0.25) is 0 Å². The molecule has 1 atom stereocenters. The molecule has 0 amide bonds. The van der Waals surface area contributed by atoms with Gasteiger partial charge in [-0.15, -0.1) is 0 Å². The fraction of sp³-hybridized carbons (Fsp3) is 0.400. The highest BCUT2D eigenvalue weighted by molar-refractivity contribution is 7.84. The van der Waals surface area contributed by atoms with Crippen molar-refractivity contribution in [2.24, 2.45) is 0 Å². The summed E-state index contributed by atoms with van der Waals surface area (Å²) in [7, 11) is -1.16. The van der Waals surface area contributed by atoms with Crippen molar-refractivity contribution in [1.29, 1.82) is 0 Å². The monoisotopic (exact) mass is 228 g/mol. The lowest BCUT2D eigenvalue weighted by atomic mass is 10.1. The predicted molar refractivity (Wildman–Crippen MR) is 56.4 cm³/mol. The molecule has 0 saturated carbocycles. The SMILES string of the molecule is O=S(CO)CCc1cccc2c1OCO2. The largest absolute Gasteiger partial charge is 0.454 e. The maximum Gasteiger partial charge on any atom is 0.231 e. The normalized spacial score (nSPS) is 15.3. The average Bonchev–Trinajstić information content (AvgIpc) is 2.74. The molecule has 15 heavy (non-hydrogen) atoms. The van der Waals surface area contributed by atoms with Gasteiger partial charge in [0.2, 0.25) is 6.79 Å². The first-order chi connectivity index (χ1) is 7.31. The quantitative estimate of drug-likeness (QED) is 0.822. The van der Waals surface area contributed by atoms with Crippen LogP contribution in [0.5, 0.6) is 11.5 Å². The molecule has 0 fully saturated rings. The van der Waals surface area contributed by atoms with Crippen molar-refractivity contribution in [3.05, 3.63) is 23.8 Å². The maximum atomic E-state index is 11.1. The molecule has 1 aromatic carbocycles. The van der Waals surface area contributed by atoms with Crippen LogP contribution < -0.4 is 9.47 Å². The highest BCUT2D eigenvalue weighted by atomic mass is 32.2. The van der Waals surface area contributed by atoms with Crippen LogP contribution in [0.15, 0.2) is 18.2 Å². The fourth-order valence-electron chi connectivity index (χ4n) is 1.48. The van der Waals surface area contributed by atoms with E-state index in [9.17, 15) is 4.21 Å². The number of aryl methyl sites for hydroxylation is 1. The summed E-state index contributed by atoms with van der Waals surface area (Å²) in [6.07, 6.45) is 0.625. The molecule has 0 bridgehead atoms. The van der Waals surface area contributed by atoms with Crippen molar-refractivity contribution < 1.29 is 18.8 Å². The van der Waals surface area contributed by atoms with E-state index in [1.165, 1.54) is 0 Å². The highest BCUT2D eigenvalue weighted by Gasteiger charge is 2.17. The second-order valence-corrected chi connectivity index (χ2v) is 4.72. The second-order valence-electron chi connectivity index (χ2n) is 3.17. The van der Waals surface area contributed by atoms with Gasteiger partial charge in [-0.05, 0) is 18.1 Å². The topological polar surface area (TPSA) is 55.8 Å². The fourth-order valence-corrected chi connectivity index (χ4v) is 2.05. The molecule has 2 rings (SSSR count). The third kappa shape index (κ3) is 2.30. The van der Waals surface area contributed by atoms with E-state index in [1.54, 1.807) is 0 Å². The number of aliphatic hydroxyl groups is 1. The minimum atomic E-state index is -1.16. The van der Waals surface area contributed by atoms with Gasteiger partial charge in [0.25, 0.3) is 0 Å². The molecule has 0 radical (unpaired) electrons. The number of rotatable bonds is 4. The predicted octanol–water partition coefficient (Wildman–Crippen LogP) is 0.656. The van der Waals surface area contributed by atoms with Gasteiger partial charge in [-0.2, -0.15) is 0 Å². The van der Waals surface area contributed by atoms with E-state index < -0.39 is 10.8 Å². The Balaban J connectivity index is 2.09. The molecule has 4 nitrogen and oxygen atoms in total. The maximum absolute atomic E-state index is 11.1. The molecule has 1 aliphatic rings. The second kappa shape index (κ2) is 4.63. The van der Waals surface area contributed by atoms with Gasteiger partial charge in [-0.1, -0.05) is 12.1 Å². The summed E-state index contributed by atoms with van der Waals surface area (Å²) >= 11 is 0. The molecule has 0 spiro atoms. The van der Waals surface area contributed by atoms with Crippen molar-refractivity contribution in [3.8, 4) is 11.5 Å². The Morgan fingerprint density at radius 3 is 3.07 bits per heavy atom. The van der Waals surface area contributed by atoms with Gasteiger partial charge in [-0.3, -0.25) is 4.21 Å². The summed E-state index contributed by atoms with van der Waals surface area (Å²) in [5, 5.41) is 8.65. The Bertz CT molecular complexity index is 378. The molecule has 1 aromatic rings. The molecule has 1 heterocycles. The number of hydrogen-bond acceptors (Lipinski definition) is 4. The molecule has 1 unspecified atom stereocenters. The van der Waals surface area contributed by atoms with E-state index in [2.05, 4.69) is 0 Å². The van der Waals surface area contributed by atoms with Gasteiger partial charge in [0.15, 0.2) is 11.5 Å². The van der Waals surface area contributed by atoms with E-state index in [0.717, 1.165) is 17.1 Å². The summed E-state index contributed by atoms with van der Waals surface area (Å²) in [4.78, 5) is 0. The van der Waals surface area contributed by atoms with Crippen LogP contribution in [0.3, 0.4) is 0 Å². The summed E-state index contributed by atoms with van der Waals surface area (Å²) in [5.41, 5.74) is 0.979. The number of hydrogen-bond donors (Lipinski definition) is 1. The number of fused-ring (bicyclic) bond motifs is 1. The number of aliphatic hydroxyl groups excluding tert-OH is 1. The van der Waals surface area contributed by atoms with Crippen LogP contribution in [0, 0.1) is 0 Å². The average molecular weight is 228 g/mol. The van der Waals surface area contributed by atoms with E-state index in [1.807, 2.05) is 18.2 Å². The Hall–Kier alpha value is -1.07.